The summed E-state index contributed by atoms with van der Waals surface area (Å²) in [6.07, 6.45) is 0.312. The fourth-order valence-electron chi connectivity index (χ4n) is 2.73. The summed E-state index contributed by atoms with van der Waals surface area (Å²) in [6.45, 7) is 13.0. The van der Waals surface area contributed by atoms with Gasteiger partial charge in [0.1, 0.15) is 0 Å². The predicted octanol–water partition coefficient (Wildman–Crippen LogP) is 3.14. The largest absolute Gasteiger partial charge is 0.374 e. The fourth-order valence-corrected chi connectivity index (χ4v) is 3.70. The summed E-state index contributed by atoms with van der Waals surface area (Å²) in [4.78, 5) is 3.93. The molecule has 2 unspecified atom stereocenters. The number of hydrogen-bond donors (Lipinski definition) is 1. The van der Waals surface area contributed by atoms with Crippen molar-refractivity contribution in [2.75, 3.05) is 26.2 Å². The van der Waals surface area contributed by atoms with Crippen LogP contribution in [0.3, 0.4) is 0 Å². The standard InChI is InChI=1S/C16H28N2OS/c1-12(2)16(15-6-5-9-20-15)17-10-14-11-18(13(3)4)7-8-19-14/h5-6,9,12-14,16-17H,7-8,10-11H2,1-4H3. The smallest absolute Gasteiger partial charge is 0.0827 e. The number of nitrogens with zero attached hydrogens (tertiary/aromatic N) is 1. The number of ether oxygens (including phenoxy) is 1. The summed E-state index contributed by atoms with van der Waals surface area (Å²) in [5.74, 6) is 0.596. The molecule has 1 aromatic heterocycles. The molecular weight excluding hydrogens is 268 g/mol. The van der Waals surface area contributed by atoms with Gasteiger partial charge in [0.05, 0.1) is 12.7 Å². The number of hydrogen-bond acceptors (Lipinski definition) is 4. The van der Waals surface area contributed by atoms with Crippen LogP contribution in [0.5, 0.6) is 0 Å². The number of morpholine rings is 1. The highest BCUT2D eigenvalue weighted by atomic mass is 32.1. The average molecular weight is 296 g/mol. The quantitative estimate of drug-likeness (QED) is 0.873. The molecule has 0 amide bonds. The molecule has 0 radical (unpaired) electrons. The molecule has 0 bridgehead atoms. The third-order valence-corrected chi connectivity index (χ3v) is 4.94. The summed E-state index contributed by atoms with van der Waals surface area (Å²) in [5, 5.41) is 5.87. The molecule has 2 heterocycles. The van der Waals surface area contributed by atoms with Crippen molar-refractivity contribution < 1.29 is 4.74 Å². The maximum Gasteiger partial charge on any atom is 0.0827 e. The van der Waals surface area contributed by atoms with Gasteiger partial charge in [-0.15, -0.1) is 11.3 Å². The van der Waals surface area contributed by atoms with E-state index in [1.54, 1.807) is 0 Å². The second kappa shape index (κ2) is 7.55. The Balaban J connectivity index is 1.86. The molecule has 3 nitrogen and oxygen atoms in total. The molecule has 1 aliphatic heterocycles. The highest BCUT2D eigenvalue weighted by Crippen LogP contribution is 2.25. The Morgan fingerprint density at radius 2 is 2.20 bits per heavy atom. The van der Waals surface area contributed by atoms with Gasteiger partial charge < -0.3 is 10.1 Å². The van der Waals surface area contributed by atoms with Crippen molar-refractivity contribution in [3.63, 3.8) is 0 Å². The fraction of sp³-hybridized carbons (Fsp3) is 0.750. The summed E-state index contributed by atoms with van der Waals surface area (Å²) in [7, 11) is 0. The Morgan fingerprint density at radius 1 is 1.40 bits per heavy atom. The molecule has 1 aromatic rings. The SMILES string of the molecule is CC(C)C(NCC1CN(C(C)C)CCO1)c1cccs1. The van der Waals surface area contributed by atoms with Gasteiger partial charge in [-0.3, -0.25) is 4.90 Å². The third-order valence-electron chi connectivity index (χ3n) is 3.98. The van der Waals surface area contributed by atoms with Crippen LogP contribution in [-0.4, -0.2) is 43.3 Å². The van der Waals surface area contributed by atoms with Crippen molar-refractivity contribution in [2.24, 2.45) is 5.92 Å². The summed E-state index contributed by atoms with van der Waals surface area (Å²) in [6, 6.07) is 5.41. The maximum atomic E-state index is 5.91. The first kappa shape index (κ1) is 16.0. The maximum absolute atomic E-state index is 5.91. The minimum atomic E-state index is 0.312. The highest BCUT2D eigenvalue weighted by molar-refractivity contribution is 7.10. The lowest BCUT2D eigenvalue weighted by atomic mass is 10.0. The first-order chi connectivity index (χ1) is 9.58. The van der Waals surface area contributed by atoms with E-state index in [4.69, 9.17) is 4.74 Å². The molecule has 4 heteroatoms. The summed E-state index contributed by atoms with van der Waals surface area (Å²) < 4.78 is 5.91. The van der Waals surface area contributed by atoms with Crippen molar-refractivity contribution in [2.45, 2.75) is 45.9 Å². The van der Waals surface area contributed by atoms with E-state index < -0.39 is 0 Å². The zero-order valence-electron chi connectivity index (χ0n) is 13.1. The molecule has 0 aromatic carbocycles. The first-order valence-electron chi connectivity index (χ1n) is 7.70. The van der Waals surface area contributed by atoms with E-state index in [0.29, 0.717) is 24.1 Å². The lowest BCUT2D eigenvalue weighted by Gasteiger charge is -2.36. The third kappa shape index (κ3) is 4.29. The normalized spacial score (nSPS) is 22.6. The van der Waals surface area contributed by atoms with Crippen molar-refractivity contribution in [3.8, 4) is 0 Å². The lowest BCUT2D eigenvalue weighted by molar-refractivity contribution is -0.0386. The Hall–Kier alpha value is -0.420. The van der Waals surface area contributed by atoms with Crippen molar-refractivity contribution in [1.29, 1.82) is 0 Å². The molecule has 1 saturated heterocycles. The molecule has 20 heavy (non-hydrogen) atoms. The van der Waals surface area contributed by atoms with Crippen LogP contribution >= 0.6 is 11.3 Å². The van der Waals surface area contributed by atoms with Gasteiger partial charge in [-0.05, 0) is 31.2 Å². The van der Waals surface area contributed by atoms with Gasteiger partial charge >= 0.3 is 0 Å². The van der Waals surface area contributed by atoms with Crippen molar-refractivity contribution in [3.05, 3.63) is 22.4 Å². The van der Waals surface area contributed by atoms with Crippen LogP contribution in [-0.2, 0) is 4.74 Å². The second-order valence-electron chi connectivity index (χ2n) is 6.23. The molecular formula is C16H28N2OS. The summed E-state index contributed by atoms with van der Waals surface area (Å²) in [5.41, 5.74) is 0. The van der Waals surface area contributed by atoms with E-state index in [-0.39, 0.29) is 0 Å². The van der Waals surface area contributed by atoms with Crippen LogP contribution in [0.25, 0.3) is 0 Å². The number of nitrogens with one attached hydrogen (secondary N) is 1. The van der Waals surface area contributed by atoms with Crippen LogP contribution in [0.2, 0.25) is 0 Å². The number of rotatable bonds is 6. The van der Waals surface area contributed by atoms with Crippen molar-refractivity contribution >= 4 is 11.3 Å². The Kier molecular flexibility index (Phi) is 6.02. The van der Waals surface area contributed by atoms with Crippen LogP contribution in [0.15, 0.2) is 17.5 Å². The zero-order chi connectivity index (χ0) is 14.5. The molecule has 0 spiro atoms. The lowest BCUT2D eigenvalue weighted by Crippen LogP contribution is -2.49. The van der Waals surface area contributed by atoms with Gasteiger partial charge in [-0.25, -0.2) is 0 Å². The van der Waals surface area contributed by atoms with Crippen LogP contribution in [0.1, 0.15) is 38.6 Å². The van der Waals surface area contributed by atoms with Crippen LogP contribution in [0.4, 0.5) is 0 Å². The zero-order valence-corrected chi connectivity index (χ0v) is 14.0. The van der Waals surface area contributed by atoms with Crippen LogP contribution in [0, 0.1) is 5.92 Å². The van der Waals surface area contributed by atoms with E-state index in [2.05, 4.69) is 55.4 Å². The monoisotopic (exact) mass is 296 g/mol. The van der Waals surface area contributed by atoms with E-state index >= 15 is 0 Å². The molecule has 2 rings (SSSR count). The second-order valence-corrected chi connectivity index (χ2v) is 7.21. The van der Waals surface area contributed by atoms with E-state index in [0.717, 1.165) is 26.2 Å². The number of thiophene rings is 1. The van der Waals surface area contributed by atoms with E-state index in [1.165, 1.54) is 4.88 Å². The van der Waals surface area contributed by atoms with Gasteiger partial charge in [0.15, 0.2) is 0 Å². The van der Waals surface area contributed by atoms with Crippen LogP contribution < -0.4 is 5.32 Å². The van der Waals surface area contributed by atoms with Gasteiger partial charge in [0.25, 0.3) is 0 Å². The molecule has 114 valence electrons. The van der Waals surface area contributed by atoms with Crippen molar-refractivity contribution in [1.82, 2.24) is 10.2 Å². The molecule has 2 atom stereocenters. The topological polar surface area (TPSA) is 24.5 Å². The Labute approximate surface area is 127 Å². The predicted molar refractivity (Wildman–Crippen MR) is 86.3 cm³/mol. The van der Waals surface area contributed by atoms with Gasteiger partial charge in [0.2, 0.25) is 0 Å². The van der Waals surface area contributed by atoms with Gasteiger partial charge in [-0.1, -0.05) is 19.9 Å². The molecule has 0 saturated carbocycles. The average Bonchev–Trinajstić information content (AvgIpc) is 2.93. The Morgan fingerprint density at radius 3 is 2.80 bits per heavy atom. The molecule has 1 aliphatic rings. The molecule has 0 aliphatic carbocycles. The summed E-state index contributed by atoms with van der Waals surface area (Å²) >= 11 is 1.84. The minimum absolute atomic E-state index is 0.312. The first-order valence-corrected chi connectivity index (χ1v) is 8.58. The minimum Gasteiger partial charge on any atom is -0.374 e. The Bertz CT molecular complexity index is 378. The van der Waals surface area contributed by atoms with E-state index in [1.807, 2.05) is 11.3 Å². The molecule has 1 N–H and O–H groups in total. The van der Waals surface area contributed by atoms with Gasteiger partial charge in [0, 0.05) is 36.6 Å². The van der Waals surface area contributed by atoms with Gasteiger partial charge in [-0.2, -0.15) is 0 Å². The highest BCUT2D eigenvalue weighted by Gasteiger charge is 2.24. The molecule has 1 fully saturated rings. The van der Waals surface area contributed by atoms with E-state index in [9.17, 15) is 0 Å².